The van der Waals surface area contributed by atoms with Gasteiger partial charge in [0.25, 0.3) is 0 Å². The molecule has 0 saturated carbocycles. The van der Waals surface area contributed by atoms with E-state index in [4.69, 9.17) is 4.74 Å². The molecule has 0 aliphatic heterocycles. The Balaban J connectivity index is 1.93. The van der Waals surface area contributed by atoms with E-state index in [1.165, 1.54) is 0 Å². The molecule has 3 aromatic rings. The molecular weight excluding hydrogens is 370 g/mol. The monoisotopic (exact) mass is 388 g/mol. The molecule has 1 unspecified atom stereocenters. The summed E-state index contributed by atoms with van der Waals surface area (Å²) in [5.74, 6) is -0.324. The highest BCUT2D eigenvalue weighted by Gasteiger charge is 2.21. The van der Waals surface area contributed by atoms with Gasteiger partial charge in [-0.1, -0.05) is 22.4 Å². The summed E-state index contributed by atoms with van der Waals surface area (Å²) < 4.78 is 20.7. The van der Waals surface area contributed by atoms with Crippen molar-refractivity contribution in [1.82, 2.24) is 0 Å². The van der Waals surface area contributed by atoms with Gasteiger partial charge in [0.1, 0.15) is 16.3 Å². The van der Waals surface area contributed by atoms with Crippen LogP contribution in [0.15, 0.2) is 59.5 Å². The Morgan fingerprint density at radius 2 is 1.85 bits per heavy atom. The summed E-state index contributed by atoms with van der Waals surface area (Å²) in [5, 5.41) is 9.50. The molecule has 26 heavy (non-hydrogen) atoms. The highest BCUT2D eigenvalue weighted by Crippen LogP contribution is 2.36. The van der Waals surface area contributed by atoms with Crippen molar-refractivity contribution in [2.45, 2.75) is 11.8 Å². The Morgan fingerprint density at radius 1 is 1.15 bits per heavy atom. The number of thiophene rings is 1. The molecule has 134 valence electrons. The van der Waals surface area contributed by atoms with Crippen molar-refractivity contribution >= 4 is 34.0 Å². The van der Waals surface area contributed by atoms with Crippen molar-refractivity contribution in [3.05, 3.63) is 65.0 Å². The molecule has 0 amide bonds. The lowest BCUT2D eigenvalue weighted by Gasteiger charge is -2.02. The van der Waals surface area contributed by atoms with Crippen molar-refractivity contribution in [3.8, 4) is 16.2 Å². The van der Waals surface area contributed by atoms with E-state index in [9.17, 15) is 14.1 Å². The fraction of sp³-hybridized carbons (Fsp3) is 0.105. The SMILES string of the molecule is COc1ccc(-c2cc(N[SH+](=O)c3ccccc3C)c(C(=O)O)s2)cc1. The van der Waals surface area contributed by atoms with E-state index in [1.807, 2.05) is 49.4 Å². The lowest BCUT2D eigenvalue weighted by molar-refractivity contribution is 0.0703. The van der Waals surface area contributed by atoms with Gasteiger partial charge in [-0.05, 0) is 48.9 Å². The molecule has 2 N–H and O–H groups in total. The van der Waals surface area contributed by atoms with Gasteiger partial charge >= 0.3 is 5.97 Å². The average molecular weight is 388 g/mol. The minimum Gasteiger partial charge on any atom is -0.497 e. The molecule has 1 atom stereocenters. The van der Waals surface area contributed by atoms with E-state index >= 15 is 0 Å². The molecule has 3 rings (SSSR count). The number of carbonyl (C=O) groups is 1. The van der Waals surface area contributed by atoms with Crippen LogP contribution in [0.4, 0.5) is 5.69 Å². The summed E-state index contributed by atoms with van der Waals surface area (Å²) >= 11 is 1.14. The molecule has 0 aliphatic rings. The topological polar surface area (TPSA) is 75.6 Å². The van der Waals surface area contributed by atoms with Crippen LogP contribution in [-0.4, -0.2) is 18.2 Å². The quantitative estimate of drug-likeness (QED) is 0.481. The molecule has 0 saturated heterocycles. The van der Waals surface area contributed by atoms with Crippen LogP contribution in [0.25, 0.3) is 10.4 Å². The maximum absolute atomic E-state index is 12.7. The van der Waals surface area contributed by atoms with Gasteiger partial charge in [-0.2, -0.15) is 0 Å². The number of carboxylic acids is 1. The van der Waals surface area contributed by atoms with Crippen LogP contribution in [0.5, 0.6) is 5.75 Å². The van der Waals surface area contributed by atoms with Crippen LogP contribution in [0.1, 0.15) is 15.2 Å². The first kappa shape index (κ1) is 18.2. The number of anilines is 1. The summed E-state index contributed by atoms with van der Waals surface area (Å²) in [6.45, 7) is 1.87. The molecule has 2 aromatic carbocycles. The highest BCUT2D eigenvalue weighted by atomic mass is 32.2. The van der Waals surface area contributed by atoms with Crippen molar-refractivity contribution in [2.75, 3.05) is 11.8 Å². The molecule has 0 spiro atoms. The second kappa shape index (κ2) is 7.72. The van der Waals surface area contributed by atoms with Gasteiger partial charge in [-0.15, -0.1) is 11.3 Å². The Kier molecular flexibility index (Phi) is 5.39. The largest absolute Gasteiger partial charge is 0.497 e. The molecule has 1 heterocycles. The van der Waals surface area contributed by atoms with Crippen molar-refractivity contribution in [1.29, 1.82) is 0 Å². The number of rotatable bonds is 6. The molecule has 7 heteroatoms. The zero-order valence-corrected chi connectivity index (χ0v) is 15.9. The van der Waals surface area contributed by atoms with Gasteiger partial charge in [0.2, 0.25) is 0 Å². The van der Waals surface area contributed by atoms with Gasteiger partial charge in [0, 0.05) is 10.4 Å². The van der Waals surface area contributed by atoms with Crippen molar-refractivity contribution in [2.24, 2.45) is 0 Å². The summed E-state index contributed by atoms with van der Waals surface area (Å²) in [5.41, 5.74) is 2.12. The average Bonchev–Trinajstić information content (AvgIpc) is 3.06. The summed E-state index contributed by atoms with van der Waals surface area (Å²) in [6.07, 6.45) is 0. The van der Waals surface area contributed by atoms with E-state index < -0.39 is 17.0 Å². The minimum absolute atomic E-state index is 0.132. The fourth-order valence-corrected chi connectivity index (χ4v) is 4.66. The smallest absolute Gasteiger partial charge is 0.348 e. The summed E-state index contributed by atoms with van der Waals surface area (Å²) in [6, 6.07) is 16.4. The highest BCUT2D eigenvalue weighted by molar-refractivity contribution is 7.86. The maximum atomic E-state index is 12.7. The third kappa shape index (κ3) is 3.79. The number of aromatic carboxylic acids is 1. The number of thiol groups is 1. The van der Waals surface area contributed by atoms with E-state index in [0.29, 0.717) is 10.6 Å². The first-order valence-corrected chi connectivity index (χ1v) is 9.88. The number of ether oxygens (including phenoxy) is 1. The zero-order chi connectivity index (χ0) is 18.7. The molecule has 5 nitrogen and oxygen atoms in total. The van der Waals surface area contributed by atoms with E-state index in [0.717, 1.165) is 33.1 Å². The molecule has 0 fully saturated rings. The Bertz CT molecular complexity index is 964. The number of hydrogen-bond acceptors (Lipinski definition) is 4. The number of methoxy groups -OCH3 is 1. The minimum atomic E-state index is -1.95. The van der Waals surface area contributed by atoms with Crippen molar-refractivity contribution in [3.63, 3.8) is 0 Å². The zero-order valence-electron chi connectivity index (χ0n) is 14.2. The normalized spacial score (nSPS) is 11.8. The molecule has 0 aliphatic carbocycles. The first-order chi connectivity index (χ1) is 12.5. The third-order valence-electron chi connectivity index (χ3n) is 3.86. The van der Waals surface area contributed by atoms with Gasteiger partial charge in [-0.25, -0.2) is 9.52 Å². The fourth-order valence-electron chi connectivity index (χ4n) is 2.49. The van der Waals surface area contributed by atoms with Crippen LogP contribution >= 0.6 is 11.3 Å². The molecule has 1 aromatic heterocycles. The number of nitrogens with one attached hydrogen (secondary N) is 1. The van der Waals surface area contributed by atoms with Crippen LogP contribution in [-0.2, 0) is 15.2 Å². The first-order valence-electron chi connectivity index (χ1n) is 7.80. The van der Waals surface area contributed by atoms with E-state index in [2.05, 4.69) is 4.72 Å². The predicted molar refractivity (Wildman–Crippen MR) is 106 cm³/mol. The standard InChI is InChI=1S/C19H17NO4S2/c1-12-5-3-4-6-17(12)26(23)20-15-11-16(25-18(15)19(21)22)13-7-9-14(24-2)10-8-13/h3-11H,1-2H3,(H,20,23)(H,21,22)/p+1. The third-order valence-corrected chi connectivity index (χ3v) is 6.41. The van der Waals surface area contributed by atoms with Crippen LogP contribution in [0.3, 0.4) is 0 Å². The van der Waals surface area contributed by atoms with Gasteiger partial charge in [0.15, 0.2) is 15.9 Å². The summed E-state index contributed by atoms with van der Waals surface area (Å²) in [7, 11) is -0.364. The second-order valence-corrected chi connectivity index (χ2v) is 7.93. The number of hydrogen-bond donors (Lipinski definition) is 2. The Labute approximate surface area is 157 Å². The number of carboxylic acid groups (broad SMARTS) is 1. The Hall–Kier alpha value is -2.64. The number of benzene rings is 2. The molecule has 0 bridgehead atoms. The van der Waals surface area contributed by atoms with Crippen LogP contribution in [0.2, 0.25) is 0 Å². The Morgan fingerprint density at radius 3 is 2.46 bits per heavy atom. The van der Waals surface area contributed by atoms with Gasteiger partial charge in [-0.3, -0.25) is 0 Å². The summed E-state index contributed by atoms with van der Waals surface area (Å²) in [4.78, 5) is 13.2. The van der Waals surface area contributed by atoms with E-state index in [-0.39, 0.29) is 4.88 Å². The van der Waals surface area contributed by atoms with Crippen molar-refractivity contribution < 1.29 is 18.8 Å². The predicted octanol–water partition coefficient (Wildman–Crippen LogP) is 4.51. The van der Waals surface area contributed by atoms with Crippen LogP contribution in [0, 0.1) is 6.92 Å². The van der Waals surface area contributed by atoms with Gasteiger partial charge < -0.3 is 9.84 Å². The van der Waals surface area contributed by atoms with Crippen LogP contribution < -0.4 is 9.46 Å². The second-order valence-electron chi connectivity index (χ2n) is 5.58. The van der Waals surface area contributed by atoms with Gasteiger partial charge in [0.05, 0.1) is 7.11 Å². The molecule has 0 radical (unpaired) electrons. The number of aryl methyl sites for hydroxylation is 1. The lowest BCUT2D eigenvalue weighted by Crippen LogP contribution is -2.07. The van der Waals surface area contributed by atoms with E-state index in [1.54, 1.807) is 19.2 Å². The molecular formula is C19H18NO4S2+. The lowest BCUT2D eigenvalue weighted by atomic mass is 10.2. The maximum Gasteiger partial charge on any atom is 0.348 e.